The van der Waals surface area contributed by atoms with Crippen molar-refractivity contribution < 1.29 is 8.42 Å². The maximum Gasteiger partial charge on any atom is 0.271 e. The molecule has 0 saturated heterocycles. The molecule has 0 aliphatic heterocycles. The van der Waals surface area contributed by atoms with Crippen molar-refractivity contribution in [2.24, 2.45) is 0 Å². The van der Waals surface area contributed by atoms with Gasteiger partial charge in [0.2, 0.25) is 0 Å². The molecule has 1 aromatic carbocycles. The van der Waals surface area contributed by atoms with Crippen LogP contribution in [0.5, 0.6) is 0 Å². The molecular formula is C15H16N2O2S2. The van der Waals surface area contributed by atoms with Gasteiger partial charge in [0, 0.05) is 0 Å². The van der Waals surface area contributed by atoms with E-state index < -0.39 is 10.0 Å². The van der Waals surface area contributed by atoms with Gasteiger partial charge in [0.25, 0.3) is 10.0 Å². The number of nitrogens with one attached hydrogen (secondary N) is 1. The predicted octanol–water partition coefficient (Wildman–Crippen LogP) is 3.85. The number of rotatable bonds is 4. The van der Waals surface area contributed by atoms with E-state index in [1.54, 1.807) is 0 Å². The molecule has 4 nitrogen and oxygen atoms in total. The van der Waals surface area contributed by atoms with E-state index in [0.717, 1.165) is 22.5 Å². The van der Waals surface area contributed by atoms with Crippen LogP contribution in [-0.2, 0) is 10.0 Å². The summed E-state index contributed by atoms with van der Waals surface area (Å²) in [5.74, 6) is 0.209. The topological polar surface area (TPSA) is 70.0 Å². The lowest BCUT2D eigenvalue weighted by atomic mass is 9.99. The Morgan fingerprint density at radius 1 is 1.24 bits per heavy atom. The number of thiophene rings is 1. The standard InChI is InChI=1S/C15H16N2O2S2/c1-10(2)13-6-4-5-11(3)15(13)17-21(18,19)14-8-7-12(9-16)20-14/h4-8,10,17H,1-3H3. The van der Waals surface area contributed by atoms with Gasteiger partial charge in [-0.1, -0.05) is 32.0 Å². The number of benzene rings is 1. The summed E-state index contributed by atoms with van der Waals surface area (Å²) in [5, 5.41) is 8.81. The molecule has 0 aliphatic rings. The Labute approximate surface area is 129 Å². The van der Waals surface area contributed by atoms with Crippen LogP contribution in [0.15, 0.2) is 34.5 Å². The minimum Gasteiger partial charge on any atom is -0.278 e. The molecule has 2 rings (SSSR count). The summed E-state index contributed by atoms with van der Waals surface area (Å²) in [6, 6.07) is 10.6. The van der Waals surface area contributed by atoms with Crippen LogP contribution in [0.25, 0.3) is 0 Å². The number of anilines is 1. The largest absolute Gasteiger partial charge is 0.278 e. The zero-order valence-corrected chi connectivity index (χ0v) is 13.7. The van der Waals surface area contributed by atoms with Crippen molar-refractivity contribution in [3.63, 3.8) is 0 Å². The van der Waals surface area contributed by atoms with Gasteiger partial charge in [-0.3, -0.25) is 4.72 Å². The fourth-order valence-corrected chi connectivity index (χ4v) is 4.28. The number of aryl methyl sites for hydroxylation is 1. The molecule has 0 atom stereocenters. The number of sulfonamides is 1. The van der Waals surface area contributed by atoms with Gasteiger partial charge in [-0.2, -0.15) is 5.26 Å². The molecule has 1 heterocycles. The Morgan fingerprint density at radius 2 is 1.95 bits per heavy atom. The van der Waals surface area contributed by atoms with Crippen LogP contribution in [0, 0.1) is 18.3 Å². The normalized spacial score (nSPS) is 11.4. The van der Waals surface area contributed by atoms with Crippen molar-refractivity contribution in [1.29, 1.82) is 5.26 Å². The first-order valence-corrected chi connectivity index (χ1v) is 8.77. The molecule has 2 aromatic rings. The summed E-state index contributed by atoms with van der Waals surface area (Å²) in [4.78, 5) is 0.379. The summed E-state index contributed by atoms with van der Waals surface area (Å²) in [7, 11) is -3.66. The lowest BCUT2D eigenvalue weighted by Gasteiger charge is -2.16. The zero-order chi connectivity index (χ0) is 15.6. The molecule has 1 N–H and O–H groups in total. The number of hydrogen-bond donors (Lipinski definition) is 1. The SMILES string of the molecule is Cc1cccc(C(C)C)c1NS(=O)(=O)c1ccc(C#N)s1. The van der Waals surface area contributed by atoms with E-state index in [2.05, 4.69) is 4.72 Å². The third-order valence-corrected chi connectivity index (χ3v) is 5.95. The summed E-state index contributed by atoms with van der Waals surface area (Å²) in [6.45, 7) is 5.91. The summed E-state index contributed by atoms with van der Waals surface area (Å²) < 4.78 is 27.7. The van der Waals surface area contributed by atoms with E-state index in [-0.39, 0.29) is 10.1 Å². The quantitative estimate of drug-likeness (QED) is 0.930. The van der Waals surface area contributed by atoms with Gasteiger partial charge in [-0.25, -0.2) is 8.42 Å². The monoisotopic (exact) mass is 320 g/mol. The maximum atomic E-state index is 12.4. The van der Waals surface area contributed by atoms with Crippen molar-refractivity contribution in [3.8, 4) is 6.07 Å². The van der Waals surface area contributed by atoms with Gasteiger partial charge in [-0.15, -0.1) is 11.3 Å². The smallest absolute Gasteiger partial charge is 0.271 e. The molecule has 0 spiro atoms. The summed E-state index contributed by atoms with van der Waals surface area (Å²) in [5.41, 5.74) is 2.46. The molecule has 0 bridgehead atoms. The third-order valence-electron chi connectivity index (χ3n) is 3.12. The van der Waals surface area contributed by atoms with Crippen molar-refractivity contribution >= 4 is 27.0 Å². The third kappa shape index (κ3) is 3.26. The highest BCUT2D eigenvalue weighted by molar-refractivity contribution is 7.94. The van der Waals surface area contributed by atoms with E-state index in [0.29, 0.717) is 10.6 Å². The van der Waals surface area contributed by atoms with E-state index in [4.69, 9.17) is 5.26 Å². The van der Waals surface area contributed by atoms with E-state index in [9.17, 15) is 8.42 Å². The molecule has 110 valence electrons. The second-order valence-corrected chi connectivity index (χ2v) is 8.02. The molecule has 0 aliphatic carbocycles. The van der Waals surface area contributed by atoms with Crippen LogP contribution in [0.4, 0.5) is 5.69 Å². The van der Waals surface area contributed by atoms with Crippen LogP contribution in [0.1, 0.15) is 35.8 Å². The van der Waals surface area contributed by atoms with Gasteiger partial charge in [-0.05, 0) is 36.1 Å². The fourth-order valence-electron chi connectivity index (χ4n) is 2.02. The summed E-state index contributed by atoms with van der Waals surface area (Å²) in [6.07, 6.45) is 0. The minimum absolute atomic E-state index is 0.150. The average Bonchev–Trinajstić information content (AvgIpc) is 2.90. The first kappa shape index (κ1) is 15.5. The molecule has 0 saturated carbocycles. The maximum absolute atomic E-state index is 12.4. The van der Waals surface area contributed by atoms with Gasteiger partial charge < -0.3 is 0 Å². The van der Waals surface area contributed by atoms with Crippen molar-refractivity contribution in [3.05, 3.63) is 46.3 Å². The van der Waals surface area contributed by atoms with Gasteiger partial charge in [0.05, 0.1) is 5.69 Å². The number of nitriles is 1. The van der Waals surface area contributed by atoms with Crippen LogP contribution < -0.4 is 4.72 Å². The number of hydrogen-bond acceptors (Lipinski definition) is 4. The van der Waals surface area contributed by atoms with E-state index >= 15 is 0 Å². The molecule has 6 heteroatoms. The van der Waals surface area contributed by atoms with Crippen molar-refractivity contribution in [2.45, 2.75) is 30.9 Å². The van der Waals surface area contributed by atoms with Gasteiger partial charge >= 0.3 is 0 Å². The molecule has 0 radical (unpaired) electrons. The molecule has 0 unspecified atom stereocenters. The molecule has 0 fully saturated rings. The Bertz CT molecular complexity index is 799. The van der Waals surface area contributed by atoms with Crippen molar-refractivity contribution in [1.82, 2.24) is 0 Å². The highest BCUT2D eigenvalue weighted by Crippen LogP contribution is 2.31. The molecular weight excluding hydrogens is 304 g/mol. The highest BCUT2D eigenvalue weighted by Gasteiger charge is 2.20. The van der Waals surface area contributed by atoms with Crippen LogP contribution >= 0.6 is 11.3 Å². The highest BCUT2D eigenvalue weighted by atomic mass is 32.2. The van der Waals surface area contributed by atoms with Crippen LogP contribution in [0.2, 0.25) is 0 Å². The average molecular weight is 320 g/mol. The number of nitrogens with zero attached hydrogens (tertiary/aromatic N) is 1. The number of para-hydroxylation sites is 1. The molecule has 1 aromatic heterocycles. The second kappa shape index (κ2) is 5.88. The Balaban J connectivity index is 2.44. The summed E-state index contributed by atoms with van der Waals surface area (Å²) >= 11 is 0.968. The lowest BCUT2D eigenvalue weighted by molar-refractivity contribution is 0.603. The Morgan fingerprint density at radius 3 is 2.52 bits per heavy atom. The zero-order valence-electron chi connectivity index (χ0n) is 12.0. The van der Waals surface area contributed by atoms with Gasteiger partial charge in [0.1, 0.15) is 15.2 Å². The second-order valence-electron chi connectivity index (χ2n) is 5.03. The first-order chi connectivity index (χ1) is 9.85. The van der Waals surface area contributed by atoms with E-state index in [1.807, 2.05) is 45.0 Å². The molecule has 0 amide bonds. The van der Waals surface area contributed by atoms with Crippen LogP contribution in [-0.4, -0.2) is 8.42 Å². The first-order valence-electron chi connectivity index (χ1n) is 6.47. The Hall–Kier alpha value is -1.84. The van der Waals surface area contributed by atoms with Crippen molar-refractivity contribution in [2.75, 3.05) is 4.72 Å². The Kier molecular flexibility index (Phi) is 4.35. The minimum atomic E-state index is -3.66. The van der Waals surface area contributed by atoms with Crippen LogP contribution in [0.3, 0.4) is 0 Å². The lowest BCUT2D eigenvalue weighted by Crippen LogP contribution is -2.14. The predicted molar refractivity (Wildman–Crippen MR) is 85.1 cm³/mol. The molecule has 21 heavy (non-hydrogen) atoms. The van der Waals surface area contributed by atoms with E-state index in [1.165, 1.54) is 12.1 Å². The fraction of sp³-hybridized carbons (Fsp3) is 0.267. The van der Waals surface area contributed by atoms with Gasteiger partial charge in [0.15, 0.2) is 0 Å².